The summed E-state index contributed by atoms with van der Waals surface area (Å²) in [4.78, 5) is 27.2. The molecule has 2 aromatic rings. The fraction of sp³-hybridized carbons (Fsp3) is 0.188. The fourth-order valence-electron chi connectivity index (χ4n) is 1.79. The normalized spacial score (nSPS) is 11.0. The molecule has 0 aliphatic heterocycles. The topological polar surface area (TPSA) is 68.3 Å². The summed E-state index contributed by atoms with van der Waals surface area (Å²) < 4.78 is 42.4. The number of esters is 1. The van der Waals surface area contributed by atoms with Crippen molar-refractivity contribution in [2.24, 2.45) is 0 Å². The monoisotopic (exact) mass is 370 g/mol. The first-order chi connectivity index (χ1) is 11.8. The second-order valence-corrected chi connectivity index (χ2v) is 5.79. The Morgan fingerprint density at radius 2 is 1.84 bits per heavy atom. The lowest BCUT2D eigenvalue weighted by Crippen LogP contribution is -2.31. The van der Waals surface area contributed by atoms with Gasteiger partial charge in [0, 0.05) is 18.0 Å². The number of alkyl halides is 3. The van der Waals surface area contributed by atoms with Crippen LogP contribution in [0.1, 0.15) is 15.9 Å². The first kappa shape index (κ1) is 18.8. The molecule has 1 N–H and O–H groups in total. The van der Waals surface area contributed by atoms with Gasteiger partial charge in [-0.2, -0.15) is 13.2 Å². The highest BCUT2D eigenvalue weighted by Crippen LogP contribution is 2.37. The van der Waals surface area contributed by atoms with Crippen molar-refractivity contribution in [3.8, 4) is 0 Å². The van der Waals surface area contributed by atoms with Gasteiger partial charge in [0.25, 0.3) is 5.91 Å². The van der Waals surface area contributed by atoms with Gasteiger partial charge in [0.2, 0.25) is 0 Å². The smallest absolute Gasteiger partial charge is 0.447 e. The van der Waals surface area contributed by atoms with E-state index in [9.17, 15) is 22.8 Å². The summed E-state index contributed by atoms with van der Waals surface area (Å²) in [7, 11) is 0. The zero-order valence-electron chi connectivity index (χ0n) is 12.7. The van der Waals surface area contributed by atoms with E-state index in [2.05, 4.69) is 10.3 Å². The number of aromatic nitrogens is 1. The Morgan fingerprint density at radius 3 is 2.52 bits per heavy atom. The number of nitrogens with zero attached hydrogens (tertiary/aromatic N) is 1. The third kappa shape index (κ3) is 6.46. The molecule has 5 nitrogen and oxygen atoms in total. The second-order valence-electron chi connectivity index (χ2n) is 4.73. The third-order valence-corrected chi connectivity index (χ3v) is 3.61. The van der Waals surface area contributed by atoms with Gasteiger partial charge in [-0.3, -0.25) is 9.59 Å². The molecule has 0 radical (unpaired) electrons. The largest absolute Gasteiger partial charge is 0.460 e. The SMILES string of the molecule is O=C(CNC(=O)c1cccnc1SC(F)(F)F)OCc1ccccc1. The van der Waals surface area contributed by atoms with Crippen LogP contribution in [0.25, 0.3) is 0 Å². The maximum Gasteiger partial charge on any atom is 0.447 e. The number of halogens is 3. The third-order valence-electron chi connectivity index (χ3n) is 2.86. The lowest BCUT2D eigenvalue weighted by Gasteiger charge is -2.10. The Kier molecular flexibility index (Phi) is 6.40. The number of amides is 1. The van der Waals surface area contributed by atoms with Crippen molar-refractivity contribution in [2.45, 2.75) is 17.1 Å². The van der Waals surface area contributed by atoms with Gasteiger partial charge in [-0.15, -0.1) is 0 Å². The zero-order valence-corrected chi connectivity index (χ0v) is 13.6. The second kappa shape index (κ2) is 8.52. The number of nitrogens with one attached hydrogen (secondary N) is 1. The maximum absolute atomic E-state index is 12.5. The van der Waals surface area contributed by atoms with Crippen molar-refractivity contribution in [1.82, 2.24) is 10.3 Å². The van der Waals surface area contributed by atoms with Crippen molar-refractivity contribution < 1.29 is 27.5 Å². The number of pyridine rings is 1. The van der Waals surface area contributed by atoms with Gasteiger partial charge in [-0.25, -0.2) is 4.98 Å². The van der Waals surface area contributed by atoms with E-state index < -0.39 is 40.7 Å². The summed E-state index contributed by atoms with van der Waals surface area (Å²) in [5.41, 5.74) is -4.06. The average Bonchev–Trinajstić information content (AvgIpc) is 2.58. The molecule has 0 atom stereocenters. The molecule has 0 aliphatic carbocycles. The number of hydrogen-bond acceptors (Lipinski definition) is 5. The number of thioether (sulfide) groups is 1. The van der Waals surface area contributed by atoms with Crippen molar-refractivity contribution in [3.05, 3.63) is 59.8 Å². The summed E-state index contributed by atoms with van der Waals surface area (Å²) in [6.07, 6.45) is 1.15. The van der Waals surface area contributed by atoms with Crippen LogP contribution in [0.15, 0.2) is 53.7 Å². The minimum atomic E-state index is -4.57. The highest BCUT2D eigenvalue weighted by molar-refractivity contribution is 8.00. The van der Waals surface area contributed by atoms with E-state index in [0.29, 0.717) is 0 Å². The number of carbonyl (C=O) groups excluding carboxylic acids is 2. The zero-order chi connectivity index (χ0) is 18.3. The minimum Gasteiger partial charge on any atom is -0.460 e. The summed E-state index contributed by atoms with van der Waals surface area (Å²) >= 11 is -0.491. The molecule has 0 bridgehead atoms. The van der Waals surface area contributed by atoms with Gasteiger partial charge in [0.15, 0.2) is 0 Å². The molecular formula is C16H13F3N2O3S. The molecule has 0 aliphatic rings. The van der Waals surface area contributed by atoms with Crippen LogP contribution in [-0.2, 0) is 16.1 Å². The first-order valence-electron chi connectivity index (χ1n) is 7.03. The van der Waals surface area contributed by atoms with Crippen LogP contribution in [-0.4, -0.2) is 28.9 Å². The molecule has 0 fully saturated rings. The minimum absolute atomic E-state index is 0.0393. The van der Waals surface area contributed by atoms with E-state index in [1.165, 1.54) is 12.1 Å². The van der Waals surface area contributed by atoms with E-state index in [0.717, 1.165) is 11.8 Å². The molecule has 0 saturated carbocycles. The van der Waals surface area contributed by atoms with Crippen LogP contribution in [0.2, 0.25) is 0 Å². The van der Waals surface area contributed by atoms with E-state index in [1.807, 2.05) is 6.07 Å². The van der Waals surface area contributed by atoms with Gasteiger partial charge in [0.1, 0.15) is 18.2 Å². The van der Waals surface area contributed by atoms with E-state index >= 15 is 0 Å². The van der Waals surface area contributed by atoms with Crippen LogP contribution < -0.4 is 5.32 Å². The standard InChI is InChI=1S/C16H13F3N2O3S/c17-16(18,19)25-15-12(7-4-8-20-15)14(23)21-9-13(22)24-10-11-5-2-1-3-6-11/h1-8H,9-10H2,(H,21,23). The van der Waals surface area contributed by atoms with Crippen molar-refractivity contribution >= 4 is 23.6 Å². The Balaban J connectivity index is 1.89. The average molecular weight is 370 g/mol. The summed E-state index contributed by atoms with van der Waals surface area (Å²) in [5.74, 6) is -1.54. The predicted molar refractivity (Wildman–Crippen MR) is 84.7 cm³/mol. The highest BCUT2D eigenvalue weighted by atomic mass is 32.2. The van der Waals surface area contributed by atoms with E-state index in [4.69, 9.17) is 4.74 Å². The van der Waals surface area contributed by atoms with Crippen LogP contribution in [0.4, 0.5) is 13.2 Å². The predicted octanol–water partition coefficient (Wildman–Crippen LogP) is 3.17. The van der Waals surface area contributed by atoms with E-state index in [-0.39, 0.29) is 12.2 Å². The Labute approximate surface area is 145 Å². The lowest BCUT2D eigenvalue weighted by molar-refractivity contribution is -0.143. The van der Waals surface area contributed by atoms with Crippen molar-refractivity contribution in [1.29, 1.82) is 0 Å². The molecule has 9 heteroatoms. The first-order valence-corrected chi connectivity index (χ1v) is 7.85. The summed E-state index contributed by atoms with van der Waals surface area (Å²) in [6, 6.07) is 11.5. The Hall–Kier alpha value is -2.55. The van der Waals surface area contributed by atoms with Crippen molar-refractivity contribution in [3.63, 3.8) is 0 Å². The number of ether oxygens (including phenoxy) is 1. The quantitative estimate of drug-likeness (QED) is 0.625. The van der Waals surface area contributed by atoms with Gasteiger partial charge in [-0.05, 0) is 17.7 Å². The fourth-order valence-corrected chi connectivity index (χ4v) is 2.39. The van der Waals surface area contributed by atoms with Gasteiger partial charge in [0.05, 0.1) is 5.56 Å². The van der Waals surface area contributed by atoms with Gasteiger partial charge >= 0.3 is 11.5 Å². The summed E-state index contributed by atoms with van der Waals surface area (Å²) in [5, 5.41) is 1.75. The maximum atomic E-state index is 12.5. The van der Waals surface area contributed by atoms with Crippen LogP contribution >= 0.6 is 11.8 Å². The molecule has 1 amide bonds. The number of rotatable bonds is 6. The molecule has 0 spiro atoms. The molecule has 1 heterocycles. The van der Waals surface area contributed by atoms with Gasteiger partial charge < -0.3 is 10.1 Å². The van der Waals surface area contributed by atoms with Gasteiger partial charge in [-0.1, -0.05) is 30.3 Å². The molecule has 132 valence electrons. The number of hydrogen-bond donors (Lipinski definition) is 1. The lowest BCUT2D eigenvalue weighted by atomic mass is 10.2. The number of benzene rings is 1. The highest BCUT2D eigenvalue weighted by Gasteiger charge is 2.32. The Morgan fingerprint density at radius 1 is 1.12 bits per heavy atom. The van der Waals surface area contributed by atoms with Crippen molar-refractivity contribution in [2.75, 3.05) is 6.54 Å². The summed E-state index contributed by atoms with van der Waals surface area (Å²) in [6.45, 7) is -0.422. The van der Waals surface area contributed by atoms with Crippen LogP contribution in [0.5, 0.6) is 0 Å². The molecule has 0 unspecified atom stereocenters. The molecule has 2 rings (SSSR count). The molecule has 0 saturated heterocycles. The molecule has 25 heavy (non-hydrogen) atoms. The molecule has 1 aromatic carbocycles. The van der Waals surface area contributed by atoms with Crippen LogP contribution in [0, 0.1) is 0 Å². The Bertz CT molecular complexity index is 739. The molecular weight excluding hydrogens is 357 g/mol. The molecule has 1 aromatic heterocycles. The van der Waals surface area contributed by atoms with E-state index in [1.54, 1.807) is 24.3 Å². The number of carbonyl (C=O) groups is 2. The van der Waals surface area contributed by atoms with Crippen LogP contribution in [0.3, 0.4) is 0 Å².